The summed E-state index contributed by atoms with van der Waals surface area (Å²) in [7, 11) is -6.10. The fraction of sp³-hybridized carbons (Fsp3) is 0.138. The summed E-state index contributed by atoms with van der Waals surface area (Å²) >= 11 is 0. The third-order valence-electron chi connectivity index (χ3n) is 29.9. The lowest BCUT2D eigenvalue weighted by Crippen LogP contribution is -2.37. The standard InChI is InChI=1S/C68H62N2OSi2.C62H54N2OSi2/c1-67(2)60-21-15-13-18-52(60)54-35-27-46(40-62(54)67)69(43-23-31-49(32-24-43)72(5,6)7)45-29-37-57-59(39-45)51-17-11-12-20-56(51)65-58-38-30-48(42-64(58)71-66(57)65)70(44-25-33-50(34-26-44)73(8,9)10)47-28-36-55-53-19-14-16-22-61(53)68(3,4)63(55)41-47;1-66(2,3)49-35-29-45(30-36-49)63(58-27-17-15-23-51(58)43-19-9-7-10-20-43)47-33-39-55-57(41-47)53-25-13-14-26-54(53)61-56-40-34-48(42-60(56)65-62(55)61)64(46-31-37-50(38-32-46)67(4,5)6)59-28-18-16-24-52(59)44-21-11-8-12-22-44/h11-42H,1-10H3;7-42H,1-6H3. The first-order chi connectivity index (χ1) is 67.5. The number of rotatable bonds is 18. The van der Waals surface area contributed by atoms with E-state index in [0.717, 1.165) is 128 Å². The van der Waals surface area contributed by atoms with Crippen LogP contribution in [0.5, 0.6) is 0 Å². The second-order valence-corrected chi connectivity index (χ2v) is 63.9. The average molecular weight is 1880 g/mol. The summed E-state index contributed by atoms with van der Waals surface area (Å²) < 4.78 is 14.4. The maximum Gasteiger partial charge on any atom is 0.143 e. The maximum atomic E-state index is 7.24. The van der Waals surface area contributed by atoms with Gasteiger partial charge in [0.15, 0.2) is 0 Å². The van der Waals surface area contributed by atoms with Crippen LogP contribution in [0.2, 0.25) is 78.6 Å². The minimum Gasteiger partial charge on any atom is -0.455 e. The van der Waals surface area contributed by atoms with Gasteiger partial charge in [0.05, 0.1) is 43.7 Å². The van der Waals surface area contributed by atoms with Gasteiger partial charge in [-0.05, 0) is 234 Å². The van der Waals surface area contributed by atoms with Crippen molar-refractivity contribution in [2.75, 3.05) is 19.6 Å². The second kappa shape index (κ2) is 34.0. The van der Waals surface area contributed by atoms with Crippen molar-refractivity contribution in [3.05, 3.63) is 435 Å². The molecule has 0 radical (unpaired) electrons. The maximum absolute atomic E-state index is 7.24. The van der Waals surface area contributed by atoms with Crippen molar-refractivity contribution in [3.63, 3.8) is 0 Å². The molecule has 22 aromatic rings. The van der Waals surface area contributed by atoms with Crippen LogP contribution in [0, 0.1) is 0 Å². The highest BCUT2D eigenvalue weighted by Gasteiger charge is 2.39. The van der Waals surface area contributed by atoms with Crippen molar-refractivity contribution in [2.24, 2.45) is 0 Å². The van der Waals surface area contributed by atoms with Crippen LogP contribution in [-0.4, -0.2) is 32.3 Å². The van der Waals surface area contributed by atoms with Crippen molar-refractivity contribution < 1.29 is 8.83 Å². The molecule has 0 spiro atoms. The van der Waals surface area contributed by atoms with E-state index in [4.69, 9.17) is 8.83 Å². The Bertz CT molecular complexity index is 8650. The SMILES string of the molecule is CC1(C)c2ccccc2-c2ccc(N(c3ccc([Si](C)(C)C)cc3)c3ccc4c(c3)oc3c5ccc(N(c6ccc([Si](C)(C)C)cc6)c6ccc7c(c6)C(C)(C)c6ccccc6-7)cc5c5ccccc5c43)cc21.C[Si](C)(C)c1ccc(N(c2ccc3c(c2)oc2c4ccc(N(c5ccc([Si](C)(C)C)cc5)c5ccccc5-c5ccccc5)cc4c4ccccc4c32)c2ccccc2-c2ccccc2)cc1. The zero-order chi connectivity index (χ0) is 96.2. The summed E-state index contributed by atoms with van der Waals surface area (Å²) in [4.78, 5) is 9.70. The van der Waals surface area contributed by atoms with E-state index in [0.29, 0.717) is 0 Å². The van der Waals surface area contributed by atoms with Gasteiger partial charge in [-0.15, -0.1) is 0 Å². The molecule has 0 unspecified atom stereocenters. The normalized spacial score (nSPS) is 13.3. The van der Waals surface area contributed by atoms with Gasteiger partial charge in [0.1, 0.15) is 22.3 Å². The van der Waals surface area contributed by atoms with Gasteiger partial charge in [-0.3, -0.25) is 0 Å². The topological polar surface area (TPSA) is 39.2 Å². The minimum atomic E-state index is -1.53. The van der Waals surface area contributed by atoms with Gasteiger partial charge >= 0.3 is 0 Å². The first kappa shape index (κ1) is 89.0. The molecule has 0 amide bonds. The molecule has 20 aromatic carbocycles. The Morgan fingerprint density at radius 3 is 0.800 bits per heavy atom. The Morgan fingerprint density at radius 1 is 0.186 bits per heavy atom. The summed E-state index contributed by atoms with van der Waals surface area (Å²) in [6.07, 6.45) is 0. The molecule has 684 valence electrons. The predicted octanol–water partition coefficient (Wildman–Crippen LogP) is 35.8. The van der Waals surface area contributed by atoms with E-state index < -0.39 is 32.3 Å². The molecule has 0 fully saturated rings. The van der Waals surface area contributed by atoms with Gasteiger partial charge in [0.25, 0.3) is 0 Å². The van der Waals surface area contributed by atoms with Crippen LogP contribution >= 0.6 is 0 Å². The van der Waals surface area contributed by atoms with Gasteiger partial charge in [-0.1, -0.05) is 382 Å². The van der Waals surface area contributed by atoms with Gasteiger partial charge in [-0.25, -0.2) is 0 Å². The molecule has 24 rings (SSSR count). The molecule has 2 aliphatic carbocycles. The Kier molecular flexibility index (Phi) is 21.6. The largest absolute Gasteiger partial charge is 0.455 e. The number of fused-ring (bicyclic) bond motifs is 22. The highest BCUT2D eigenvalue weighted by molar-refractivity contribution is 6.90. The number of furan rings is 2. The summed E-state index contributed by atoms with van der Waals surface area (Å²) in [6.45, 7) is 38.4. The first-order valence-electron chi connectivity index (χ1n) is 49.5. The van der Waals surface area contributed by atoms with E-state index in [2.05, 4.69) is 538 Å². The molecule has 2 heterocycles. The third-order valence-corrected chi connectivity index (χ3v) is 38.2. The molecule has 140 heavy (non-hydrogen) atoms. The molecular formula is C130H116N4O2Si4. The number of hydrogen-bond donors (Lipinski definition) is 0. The van der Waals surface area contributed by atoms with Crippen LogP contribution in [0.4, 0.5) is 68.2 Å². The third kappa shape index (κ3) is 15.4. The molecule has 0 atom stereocenters. The monoisotopic (exact) mass is 1880 g/mol. The van der Waals surface area contributed by atoms with E-state index in [1.165, 1.54) is 114 Å². The average Bonchev–Trinajstić information content (AvgIpc) is 1.56. The molecule has 10 heteroatoms. The van der Waals surface area contributed by atoms with E-state index in [-0.39, 0.29) is 10.8 Å². The molecule has 2 aromatic heterocycles. The van der Waals surface area contributed by atoms with Crippen molar-refractivity contribution in [1.82, 2.24) is 0 Å². The molecule has 0 aliphatic heterocycles. The lowest BCUT2D eigenvalue weighted by Gasteiger charge is -2.29. The van der Waals surface area contributed by atoms with Crippen LogP contribution in [0.1, 0.15) is 49.9 Å². The van der Waals surface area contributed by atoms with Crippen molar-refractivity contribution >= 4 is 208 Å². The van der Waals surface area contributed by atoms with E-state index in [9.17, 15) is 0 Å². The van der Waals surface area contributed by atoms with Crippen molar-refractivity contribution in [2.45, 2.75) is 117 Å². The first-order valence-corrected chi connectivity index (χ1v) is 63.5. The van der Waals surface area contributed by atoms with Crippen LogP contribution in [0.25, 0.3) is 131 Å². The zero-order valence-corrected chi connectivity index (χ0v) is 86.9. The number of hydrogen-bond acceptors (Lipinski definition) is 6. The lowest BCUT2D eigenvalue weighted by molar-refractivity contribution is 0.660. The summed E-state index contributed by atoms with van der Waals surface area (Å²) in [5.74, 6) is 0. The van der Waals surface area contributed by atoms with E-state index in [1.54, 1.807) is 0 Å². The highest BCUT2D eigenvalue weighted by atomic mass is 28.3. The fourth-order valence-electron chi connectivity index (χ4n) is 22.3. The molecular weight excluding hydrogens is 1760 g/mol. The molecule has 6 nitrogen and oxygen atoms in total. The highest BCUT2D eigenvalue weighted by Crippen LogP contribution is 2.56. The minimum absolute atomic E-state index is 0.123. The van der Waals surface area contributed by atoms with Crippen molar-refractivity contribution in [3.8, 4) is 44.5 Å². The van der Waals surface area contributed by atoms with E-state index >= 15 is 0 Å². The molecule has 0 N–H and O–H groups in total. The molecule has 0 saturated heterocycles. The van der Waals surface area contributed by atoms with Gasteiger partial charge < -0.3 is 28.4 Å². The van der Waals surface area contributed by atoms with E-state index in [1.807, 2.05) is 0 Å². The number of anilines is 12. The molecule has 2 aliphatic rings. The van der Waals surface area contributed by atoms with Gasteiger partial charge in [0, 0.05) is 123 Å². The Morgan fingerprint density at radius 2 is 0.443 bits per heavy atom. The molecule has 0 saturated carbocycles. The predicted molar refractivity (Wildman–Crippen MR) is 614 cm³/mol. The molecule has 0 bridgehead atoms. The fourth-order valence-corrected chi connectivity index (χ4v) is 27.0. The summed E-state index contributed by atoms with van der Waals surface area (Å²) in [6, 6.07) is 153. The number of nitrogens with zero attached hydrogens (tertiary/aromatic N) is 4. The second-order valence-electron chi connectivity index (χ2n) is 43.6. The van der Waals surface area contributed by atoms with Gasteiger partial charge in [0.2, 0.25) is 0 Å². The summed E-state index contributed by atoms with van der Waals surface area (Å²) in [5, 5.41) is 19.6. The van der Waals surface area contributed by atoms with Crippen molar-refractivity contribution in [1.29, 1.82) is 0 Å². The number of benzene rings is 20. The smallest absolute Gasteiger partial charge is 0.143 e. The Hall–Kier alpha value is -14.9. The number of para-hydroxylation sites is 2. The van der Waals surface area contributed by atoms with Crippen LogP contribution in [0.3, 0.4) is 0 Å². The lowest BCUT2D eigenvalue weighted by atomic mass is 9.82. The zero-order valence-electron chi connectivity index (χ0n) is 82.9. The quantitative estimate of drug-likeness (QED) is 0.0630. The van der Waals surface area contributed by atoms with Gasteiger partial charge in [-0.2, -0.15) is 0 Å². The van der Waals surface area contributed by atoms with Crippen LogP contribution in [0.15, 0.2) is 421 Å². The van der Waals surface area contributed by atoms with Crippen LogP contribution < -0.4 is 40.3 Å². The Balaban J connectivity index is 0.000000157. The Labute approximate surface area is 826 Å². The summed E-state index contributed by atoms with van der Waals surface area (Å²) in [5.41, 5.74) is 32.1. The van der Waals surface area contributed by atoms with Crippen LogP contribution in [-0.2, 0) is 10.8 Å².